The summed E-state index contributed by atoms with van der Waals surface area (Å²) in [5.74, 6) is 0.0222. The lowest BCUT2D eigenvalue weighted by Gasteiger charge is -2.28. The first-order valence-corrected chi connectivity index (χ1v) is 9.81. The van der Waals surface area contributed by atoms with E-state index in [-0.39, 0.29) is 10.6 Å². The van der Waals surface area contributed by atoms with Crippen LogP contribution in [-0.2, 0) is 14.8 Å². The molecule has 0 saturated heterocycles. The Hall–Kier alpha value is -2.12. The maximum atomic E-state index is 13.1. The van der Waals surface area contributed by atoms with E-state index in [2.05, 4.69) is 0 Å². The molecule has 1 unspecified atom stereocenters. The first-order chi connectivity index (χ1) is 12.3. The van der Waals surface area contributed by atoms with E-state index in [9.17, 15) is 17.6 Å². The molecule has 0 spiro atoms. The highest BCUT2D eigenvalue weighted by atomic mass is 35.5. The summed E-state index contributed by atoms with van der Waals surface area (Å²) in [6, 6.07) is 9.51. The number of carbonyl (C=O) groups excluding carboxylic acids is 1. The van der Waals surface area contributed by atoms with E-state index in [0.717, 1.165) is 35.0 Å². The number of carbonyl (C=O) groups is 1. The van der Waals surface area contributed by atoms with Crippen molar-refractivity contribution in [3.8, 4) is 5.75 Å². The Morgan fingerprint density at radius 3 is 2.23 bits per heavy atom. The molecule has 2 aromatic carbocycles. The largest absolute Gasteiger partial charge is 0.494 e. The molecule has 0 bridgehead atoms. The molecule has 2 rings (SSSR count). The summed E-state index contributed by atoms with van der Waals surface area (Å²) in [5.41, 5.74) is 0.250. The minimum absolute atomic E-state index is 0.144. The lowest BCUT2D eigenvalue weighted by molar-refractivity contribution is -0.112. The summed E-state index contributed by atoms with van der Waals surface area (Å²) in [6.45, 7) is 3.89. The third-order valence-corrected chi connectivity index (χ3v) is 5.84. The smallest absolute Gasteiger partial charge is 0.265 e. The van der Waals surface area contributed by atoms with E-state index in [0.29, 0.717) is 12.4 Å². The number of anilines is 1. The predicted molar refractivity (Wildman–Crippen MR) is 98.6 cm³/mol. The average Bonchev–Trinajstić information content (AvgIpc) is 2.61. The number of ether oxygens (including phenoxy) is 1. The Morgan fingerprint density at radius 2 is 1.73 bits per heavy atom. The lowest BCUT2D eigenvalue weighted by Crippen LogP contribution is -2.42. The van der Waals surface area contributed by atoms with Gasteiger partial charge in [-0.3, -0.25) is 9.10 Å². The van der Waals surface area contributed by atoms with Crippen LogP contribution in [0.5, 0.6) is 5.75 Å². The number of rotatable bonds is 8. The van der Waals surface area contributed by atoms with Crippen molar-refractivity contribution in [3.05, 3.63) is 54.3 Å². The zero-order chi connectivity index (χ0) is 19.3. The molecule has 8 heteroatoms. The van der Waals surface area contributed by atoms with E-state index in [1.807, 2.05) is 6.92 Å². The van der Waals surface area contributed by atoms with Crippen LogP contribution in [-0.4, -0.2) is 26.3 Å². The summed E-state index contributed by atoms with van der Waals surface area (Å²) in [7, 11) is -4.12. The van der Waals surface area contributed by atoms with E-state index in [1.54, 1.807) is 12.1 Å². The van der Waals surface area contributed by atoms with Gasteiger partial charge in [-0.05, 0) is 73.5 Å². The van der Waals surface area contributed by atoms with Gasteiger partial charge in [0.1, 0.15) is 17.6 Å². The zero-order valence-corrected chi connectivity index (χ0v) is 15.9. The Labute approximate surface area is 157 Å². The van der Waals surface area contributed by atoms with Crippen LogP contribution in [0.15, 0.2) is 53.4 Å². The summed E-state index contributed by atoms with van der Waals surface area (Å²) in [5, 5.41) is -0.831. The monoisotopic (exact) mass is 399 g/mol. The number of hydrogen-bond acceptors (Lipinski definition) is 4. The molecule has 140 valence electrons. The van der Waals surface area contributed by atoms with Crippen LogP contribution < -0.4 is 9.04 Å². The van der Waals surface area contributed by atoms with Crippen molar-refractivity contribution in [3.63, 3.8) is 0 Å². The molecule has 0 amide bonds. The van der Waals surface area contributed by atoms with Gasteiger partial charge in [0, 0.05) is 0 Å². The highest BCUT2D eigenvalue weighted by Crippen LogP contribution is 2.29. The fourth-order valence-electron chi connectivity index (χ4n) is 2.29. The Bertz CT molecular complexity index is 854. The first kappa shape index (κ1) is 20.2. The second-order valence-electron chi connectivity index (χ2n) is 5.58. The molecule has 2 aromatic rings. The second-order valence-corrected chi connectivity index (χ2v) is 7.76. The highest BCUT2D eigenvalue weighted by Gasteiger charge is 2.32. The van der Waals surface area contributed by atoms with Gasteiger partial charge in [0.05, 0.1) is 17.2 Å². The fraction of sp³-hybridized carbons (Fsp3) is 0.278. The molecule has 0 radical (unpaired) electrons. The van der Waals surface area contributed by atoms with Crippen LogP contribution in [0, 0.1) is 5.82 Å². The Morgan fingerprint density at radius 1 is 1.15 bits per heavy atom. The predicted octanol–water partition coefficient (Wildman–Crippen LogP) is 3.96. The molecule has 0 aliphatic carbocycles. The third-order valence-electron chi connectivity index (χ3n) is 3.61. The molecule has 0 N–H and O–H groups in total. The first-order valence-electron chi connectivity index (χ1n) is 7.99. The van der Waals surface area contributed by atoms with Crippen molar-refractivity contribution in [2.45, 2.75) is 31.2 Å². The second kappa shape index (κ2) is 8.51. The number of hydrogen-bond donors (Lipinski definition) is 0. The molecule has 5 nitrogen and oxygen atoms in total. The van der Waals surface area contributed by atoms with Crippen LogP contribution in [0.1, 0.15) is 20.3 Å². The number of halogens is 2. The van der Waals surface area contributed by atoms with Crippen molar-refractivity contribution in [1.82, 2.24) is 0 Å². The van der Waals surface area contributed by atoms with Crippen LogP contribution in [0.4, 0.5) is 10.1 Å². The minimum Gasteiger partial charge on any atom is -0.494 e. The van der Waals surface area contributed by atoms with Crippen LogP contribution in [0.2, 0.25) is 0 Å². The Balaban J connectivity index is 2.46. The number of benzene rings is 2. The van der Waals surface area contributed by atoms with E-state index in [1.165, 1.54) is 19.1 Å². The quantitative estimate of drug-likeness (QED) is 0.630. The summed E-state index contributed by atoms with van der Waals surface area (Å²) >= 11 is 5.56. The minimum atomic E-state index is -4.12. The van der Waals surface area contributed by atoms with Crippen molar-refractivity contribution in [2.24, 2.45) is 0 Å². The molecule has 1 atom stereocenters. The molecule has 0 aliphatic heterocycles. The normalized spacial score (nSPS) is 12.5. The van der Waals surface area contributed by atoms with Crippen LogP contribution in [0.25, 0.3) is 0 Å². The standard InChI is InChI=1S/C18H19ClFNO4S/c1-3-12-25-16-8-6-15(7-9-16)21(13(2)18(19)22)26(23,24)17-10-4-14(20)5-11-17/h4-11,13H,3,12H2,1-2H3. The molecule has 0 aliphatic rings. The maximum absolute atomic E-state index is 13.1. The molecule has 0 aromatic heterocycles. The van der Waals surface area contributed by atoms with Gasteiger partial charge in [-0.2, -0.15) is 0 Å². The lowest BCUT2D eigenvalue weighted by atomic mass is 10.2. The maximum Gasteiger partial charge on any atom is 0.265 e. The molecular formula is C18H19ClFNO4S. The van der Waals surface area contributed by atoms with E-state index >= 15 is 0 Å². The van der Waals surface area contributed by atoms with Gasteiger partial charge in [-0.15, -0.1) is 0 Å². The van der Waals surface area contributed by atoms with Crippen LogP contribution in [0.3, 0.4) is 0 Å². The van der Waals surface area contributed by atoms with Crippen LogP contribution >= 0.6 is 11.6 Å². The molecule has 0 heterocycles. The third kappa shape index (κ3) is 4.53. The van der Waals surface area contributed by atoms with Crippen molar-refractivity contribution in [1.29, 1.82) is 0 Å². The van der Waals surface area contributed by atoms with Crippen molar-refractivity contribution >= 4 is 32.6 Å². The number of sulfonamides is 1. The van der Waals surface area contributed by atoms with E-state index in [4.69, 9.17) is 16.3 Å². The molecule has 26 heavy (non-hydrogen) atoms. The van der Waals surface area contributed by atoms with E-state index < -0.39 is 27.1 Å². The Kier molecular flexibility index (Phi) is 6.61. The number of nitrogens with zero attached hydrogens (tertiary/aromatic N) is 1. The highest BCUT2D eigenvalue weighted by molar-refractivity contribution is 7.93. The summed E-state index contributed by atoms with van der Waals surface area (Å²) in [6.07, 6.45) is 0.838. The average molecular weight is 400 g/mol. The SMILES string of the molecule is CCCOc1ccc(N(C(C)C(=O)Cl)S(=O)(=O)c2ccc(F)cc2)cc1. The van der Waals surface area contributed by atoms with Crippen molar-refractivity contribution < 1.29 is 22.3 Å². The van der Waals surface area contributed by atoms with Gasteiger partial charge in [-0.25, -0.2) is 12.8 Å². The van der Waals surface area contributed by atoms with Gasteiger partial charge in [0.25, 0.3) is 10.0 Å². The molecular weight excluding hydrogens is 381 g/mol. The molecule has 0 saturated carbocycles. The summed E-state index contributed by atoms with van der Waals surface area (Å²) in [4.78, 5) is 11.5. The topological polar surface area (TPSA) is 63.7 Å². The molecule has 0 fully saturated rings. The zero-order valence-electron chi connectivity index (χ0n) is 14.4. The van der Waals surface area contributed by atoms with Gasteiger partial charge in [-0.1, -0.05) is 6.92 Å². The van der Waals surface area contributed by atoms with Gasteiger partial charge in [0.15, 0.2) is 0 Å². The summed E-state index contributed by atoms with van der Waals surface area (Å²) < 4.78 is 45.5. The fourth-order valence-corrected chi connectivity index (χ4v) is 4.07. The van der Waals surface area contributed by atoms with Gasteiger partial charge in [0.2, 0.25) is 5.24 Å². The van der Waals surface area contributed by atoms with Gasteiger partial charge >= 0.3 is 0 Å². The van der Waals surface area contributed by atoms with Crippen molar-refractivity contribution in [2.75, 3.05) is 10.9 Å². The van der Waals surface area contributed by atoms with Gasteiger partial charge < -0.3 is 4.74 Å².